The van der Waals surface area contributed by atoms with Crippen LogP contribution in [0, 0.1) is 5.92 Å². The normalized spacial score (nSPS) is 20.9. The maximum atomic E-state index is 12.1. The van der Waals surface area contributed by atoms with Crippen molar-refractivity contribution in [1.82, 2.24) is 0 Å². The second kappa shape index (κ2) is 6.45. The van der Waals surface area contributed by atoms with Gasteiger partial charge in [-0.25, -0.2) is 0 Å². The Kier molecular flexibility index (Phi) is 4.92. The number of carbonyl (C=O) groups is 1. The average Bonchev–Trinajstić information content (AvgIpc) is 2.89. The lowest BCUT2D eigenvalue weighted by atomic mass is 10.1. The summed E-state index contributed by atoms with van der Waals surface area (Å²) in [6.07, 6.45) is 0.630. The summed E-state index contributed by atoms with van der Waals surface area (Å²) in [4.78, 5) is 12.1. The van der Waals surface area contributed by atoms with Crippen LogP contribution >= 0.6 is 15.9 Å². The number of rotatable bonds is 5. The van der Waals surface area contributed by atoms with E-state index in [1.165, 1.54) is 0 Å². The molecule has 1 fully saturated rings. The summed E-state index contributed by atoms with van der Waals surface area (Å²) in [5.41, 5.74) is 0.688. The fourth-order valence-corrected chi connectivity index (χ4v) is 2.18. The van der Waals surface area contributed by atoms with Gasteiger partial charge in [0.25, 0.3) is 0 Å². The minimum Gasteiger partial charge on any atom is -0.381 e. The molecule has 1 aliphatic heterocycles. The summed E-state index contributed by atoms with van der Waals surface area (Å²) < 4.78 is 11.9. The van der Waals surface area contributed by atoms with Gasteiger partial charge in [0.1, 0.15) is 6.10 Å². The van der Waals surface area contributed by atoms with Crippen LogP contribution in [0.2, 0.25) is 0 Å². The number of ether oxygens (including phenoxy) is 2. The van der Waals surface area contributed by atoms with E-state index in [1.807, 2.05) is 24.3 Å². The van der Waals surface area contributed by atoms with Crippen molar-refractivity contribution >= 4 is 21.7 Å². The van der Waals surface area contributed by atoms with Gasteiger partial charge in [-0.05, 0) is 25.5 Å². The Morgan fingerprint density at radius 1 is 1.50 bits per heavy atom. The summed E-state index contributed by atoms with van der Waals surface area (Å²) in [6.45, 7) is 3.96. The van der Waals surface area contributed by atoms with Gasteiger partial charge in [-0.1, -0.05) is 28.1 Å². The molecule has 3 nitrogen and oxygen atoms in total. The lowest BCUT2D eigenvalue weighted by molar-refractivity contribution is 0.0322. The molecular formula is C14H17BrO3. The summed E-state index contributed by atoms with van der Waals surface area (Å²) in [6, 6.07) is 7.35. The summed E-state index contributed by atoms with van der Waals surface area (Å²) in [5.74, 6) is 0.464. The van der Waals surface area contributed by atoms with E-state index < -0.39 is 6.10 Å². The molecule has 2 atom stereocenters. The average molecular weight is 313 g/mol. The Morgan fingerprint density at radius 3 is 2.83 bits per heavy atom. The van der Waals surface area contributed by atoms with Crippen LogP contribution in [0.3, 0.4) is 0 Å². The van der Waals surface area contributed by atoms with E-state index in [1.54, 1.807) is 6.92 Å². The summed E-state index contributed by atoms with van der Waals surface area (Å²) in [5, 5.41) is 0. The highest BCUT2D eigenvalue weighted by Gasteiger charge is 2.20. The van der Waals surface area contributed by atoms with Crippen LogP contribution in [-0.2, 0) is 9.47 Å². The van der Waals surface area contributed by atoms with Crippen molar-refractivity contribution in [1.29, 1.82) is 0 Å². The van der Waals surface area contributed by atoms with Gasteiger partial charge >= 0.3 is 0 Å². The third kappa shape index (κ3) is 3.64. The Balaban J connectivity index is 1.85. The van der Waals surface area contributed by atoms with Crippen LogP contribution in [-0.4, -0.2) is 31.7 Å². The van der Waals surface area contributed by atoms with E-state index in [0.717, 1.165) is 24.1 Å². The summed E-state index contributed by atoms with van der Waals surface area (Å²) in [7, 11) is 0. The first-order valence-corrected chi connectivity index (χ1v) is 6.95. The molecular weight excluding hydrogens is 296 g/mol. The number of ketones is 1. The Morgan fingerprint density at radius 2 is 2.22 bits per heavy atom. The van der Waals surface area contributed by atoms with Gasteiger partial charge < -0.3 is 9.47 Å². The molecule has 0 amide bonds. The predicted octanol–water partition coefficient (Wildman–Crippen LogP) is 3.07. The smallest absolute Gasteiger partial charge is 0.191 e. The van der Waals surface area contributed by atoms with Crippen LogP contribution in [0.4, 0.5) is 0 Å². The van der Waals surface area contributed by atoms with Crippen molar-refractivity contribution in [3.05, 3.63) is 34.3 Å². The van der Waals surface area contributed by atoms with E-state index in [-0.39, 0.29) is 5.78 Å². The highest BCUT2D eigenvalue weighted by atomic mass is 79.9. The molecule has 0 bridgehead atoms. The first-order chi connectivity index (χ1) is 8.66. The highest BCUT2D eigenvalue weighted by molar-refractivity contribution is 9.10. The van der Waals surface area contributed by atoms with Crippen LogP contribution in [0.15, 0.2) is 28.7 Å². The SMILES string of the molecule is CC(OCC1CCOC1)C(=O)c1ccc(Br)cc1. The zero-order valence-electron chi connectivity index (χ0n) is 10.4. The molecule has 2 unspecified atom stereocenters. The van der Waals surface area contributed by atoms with E-state index in [2.05, 4.69) is 15.9 Å². The number of hydrogen-bond donors (Lipinski definition) is 0. The number of Topliss-reactive ketones (excluding diaryl/α,β-unsaturated/α-hetero) is 1. The molecule has 2 rings (SSSR count). The largest absolute Gasteiger partial charge is 0.381 e. The van der Waals surface area contributed by atoms with Crippen LogP contribution in [0.1, 0.15) is 23.7 Å². The number of carbonyl (C=O) groups excluding carboxylic acids is 1. The molecule has 0 spiro atoms. The summed E-state index contributed by atoms with van der Waals surface area (Å²) >= 11 is 3.35. The standard InChI is InChI=1S/C14H17BrO3/c1-10(18-9-11-6-7-17-8-11)14(16)12-2-4-13(15)5-3-12/h2-5,10-11H,6-9H2,1H3. The van der Waals surface area contributed by atoms with Crippen molar-refractivity contribution in [3.63, 3.8) is 0 Å². The number of halogens is 1. The molecule has 1 aromatic carbocycles. The Bertz CT molecular complexity index is 396. The molecule has 0 N–H and O–H groups in total. The lowest BCUT2D eigenvalue weighted by Crippen LogP contribution is -2.24. The van der Waals surface area contributed by atoms with Crippen molar-refractivity contribution in [2.45, 2.75) is 19.4 Å². The van der Waals surface area contributed by atoms with Gasteiger partial charge in [-0.2, -0.15) is 0 Å². The predicted molar refractivity (Wildman–Crippen MR) is 72.8 cm³/mol. The van der Waals surface area contributed by atoms with E-state index in [0.29, 0.717) is 18.1 Å². The van der Waals surface area contributed by atoms with Crippen molar-refractivity contribution in [2.75, 3.05) is 19.8 Å². The molecule has 98 valence electrons. The number of benzene rings is 1. The Hall–Kier alpha value is -0.710. The molecule has 1 aromatic rings. The third-order valence-electron chi connectivity index (χ3n) is 3.10. The topological polar surface area (TPSA) is 35.5 Å². The fraction of sp³-hybridized carbons (Fsp3) is 0.500. The Labute approximate surface area is 116 Å². The molecule has 1 heterocycles. The first-order valence-electron chi connectivity index (χ1n) is 6.16. The van der Waals surface area contributed by atoms with Gasteiger partial charge in [0.05, 0.1) is 13.2 Å². The van der Waals surface area contributed by atoms with Gasteiger partial charge in [-0.3, -0.25) is 4.79 Å². The van der Waals surface area contributed by atoms with Crippen LogP contribution in [0.5, 0.6) is 0 Å². The number of hydrogen-bond acceptors (Lipinski definition) is 3. The van der Waals surface area contributed by atoms with Gasteiger partial charge in [0.2, 0.25) is 0 Å². The zero-order chi connectivity index (χ0) is 13.0. The molecule has 18 heavy (non-hydrogen) atoms. The molecule has 0 saturated carbocycles. The maximum Gasteiger partial charge on any atom is 0.191 e. The zero-order valence-corrected chi connectivity index (χ0v) is 12.0. The molecule has 1 aliphatic rings. The minimum absolute atomic E-state index is 0.0291. The van der Waals surface area contributed by atoms with Crippen LogP contribution in [0.25, 0.3) is 0 Å². The van der Waals surface area contributed by atoms with Gasteiger partial charge in [0.15, 0.2) is 5.78 Å². The van der Waals surface area contributed by atoms with E-state index in [4.69, 9.17) is 9.47 Å². The second-order valence-corrected chi connectivity index (χ2v) is 5.49. The highest BCUT2D eigenvalue weighted by Crippen LogP contribution is 2.16. The van der Waals surface area contributed by atoms with Crippen molar-refractivity contribution in [3.8, 4) is 0 Å². The molecule has 0 aliphatic carbocycles. The quantitative estimate of drug-likeness (QED) is 0.784. The van der Waals surface area contributed by atoms with Gasteiger partial charge in [-0.15, -0.1) is 0 Å². The van der Waals surface area contributed by atoms with Crippen LogP contribution < -0.4 is 0 Å². The van der Waals surface area contributed by atoms with E-state index in [9.17, 15) is 4.79 Å². The fourth-order valence-electron chi connectivity index (χ4n) is 1.92. The molecule has 1 saturated heterocycles. The third-order valence-corrected chi connectivity index (χ3v) is 3.63. The minimum atomic E-state index is -0.397. The van der Waals surface area contributed by atoms with Gasteiger partial charge in [0, 0.05) is 22.6 Å². The first kappa shape index (κ1) is 13.7. The van der Waals surface area contributed by atoms with Crippen molar-refractivity contribution in [2.24, 2.45) is 5.92 Å². The maximum absolute atomic E-state index is 12.1. The molecule has 4 heteroatoms. The van der Waals surface area contributed by atoms with Crippen molar-refractivity contribution < 1.29 is 14.3 Å². The van der Waals surface area contributed by atoms with E-state index >= 15 is 0 Å². The second-order valence-electron chi connectivity index (χ2n) is 4.58. The molecule has 0 radical (unpaired) electrons. The molecule has 0 aromatic heterocycles. The monoisotopic (exact) mass is 312 g/mol. The lowest BCUT2D eigenvalue weighted by Gasteiger charge is -2.14.